The number of ether oxygens (including phenoxy) is 1. The fourth-order valence-electron chi connectivity index (χ4n) is 5.04. The summed E-state index contributed by atoms with van der Waals surface area (Å²) in [5, 5.41) is 16.0. The molecule has 2 aliphatic rings. The van der Waals surface area contributed by atoms with Gasteiger partial charge in [0.25, 0.3) is 0 Å². The molecule has 1 saturated carbocycles. The lowest BCUT2D eigenvalue weighted by molar-refractivity contribution is 0.200. The largest absolute Gasteiger partial charge is 0.491 e. The monoisotopic (exact) mass is 407 g/mol. The summed E-state index contributed by atoms with van der Waals surface area (Å²) >= 11 is 0. The van der Waals surface area contributed by atoms with Gasteiger partial charge in [-0.25, -0.2) is 0 Å². The van der Waals surface area contributed by atoms with E-state index in [1.54, 1.807) is 0 Å². The molecule has 1 aliphatic heterocycles. The number of hydrogen-bond acceptors (Lipinski definition) is 5. The molecule has 3 unspecified atom stereocenters. The first kappa shape index (κ1) is 20.8. The smallest absolute Gasteiger partial charge is 0.119 e. The number of aliphatic hydroxyl groups excluding tert-OH is 1. The van der Waals surface area contributed by atoms with Crippen LogP contribution in [-0.2, 0) is 6.42 Å². The third-order valence-corrected chi connectivity index (χ3v) is 6.43. The SMILES string of the molecule is C=Cc1cc(NC2CC3CC2N(CCc2cccc(OCCO)c2)C3)ccc1NC. The molecule has 2 fully saturated rings. The number of rotatable bonds is 10. The Labute approximate surface area is 179 Å². The van der Waals surface area contributed by atoms with Crippen LogP contribution in [0.25, 0.3) is 6.08 Å². The Bertz CT molecular complexity index is 869. The Kier molecular flexibility index (Phi) is 6.60. The average Bonchev–Trinajstić information content (AvgIpc) is 3.36. The topological polar surface area (TPSA) is 56.8 Å². The van der Waals surface area contributed by atoms with Crippen molar-refractivity contribution in [2.45, 2.75) is 31.3 Å². The van der Waals surface area contributed by atoms with Crippen LogP contribution in [0.2, 0.25) is 0 Å². The lowest BCUT2D eigenvalue weighted by Gasteiger charge is -2.34. The Balaban J connectivity index is 1.36. The first-order valence-corrected chi connectivity index (χ1v) is 11.0. The zero-order valence-corrected chi connectivity index (χ0v) is 17.8. The van der Waals surface area contributed by atoms with E-state index in [0.29, 0.717) is 18.7 Å². The number of nitrogens with one attached hydrogen (secondary N) is 2. The number of hydrogen-bond donors (Lipinski definition) is 3. The van der Waals surface area contributed by atoms with E-state index >= 15 is 0 Å². The first-order valence-electron chi connectivity index (χ1n) is 11.0. The maximum Gasteiger partial charge on any atom is 0.119 e. The molecule has 1 aliphatic carbocycles. The molecule has 3 atom stereocenters. The summed E-state index contributed by atoms with van der Waals surface area (Å²) in [6.45, 7) is 6.60. The summed E-state index contributed by atoms with van der Waals surface area (Å²) in [5.41, 5.74) is 4.70. The minimum absolute atomic E-state index is 0.0431. The summed E-state index contributed by atoms with van der Waals surface area (Å²) in [6.07, 6.45) is 5.47. The third kappa shape index (κ3) is 4.63. The molecule has 2 aromatic rings. The van der Waals surface area contributed by atoms with Crippen molar-refractivity contribution >= 4 is 17.5 Å². The van der Waals surface area contributed by atoms with Gasteiger partial charge >= 0.3 is 0 Å². The van der Waals surface area contributed by atoms with Crippen molar-refractivity contribution in [3.63, 3.8) is 0 Å². The van der Waals surface area contributed by atoms with Crippen LogP contribution in [-0.4, -0.2) is 55.4 Å². The minimum Gasteiger partial charge on any atom is -0.491 e. The second-order valence-electron chi connectivity index (χ2n) is 8.38. The lowest BCUT2D eigenvalue weighted by atomic mass is 10.0. The highest BCUT2D eigenvalue weighted by molar-refractivity contribution is 5.70. The van der Waals surface area contributed by atoms with E-state index in [9.17, 15) is 0 Å². The highest BCUT2D eigenvalue weighted by Gasteiger charge is 2.44. The van der Waals surface area contributed by atoms with Crippen molar-refractivity contribution in [2.24, 2.45) is 5.92 Å². The Hall–Kier alpha value is -2.50. The first-order chi connectivity index (χ1) is 14.7. The van der Waals surface area contributed by atoms with Gasteiger partial charge in [-0.05, 0) is 66.6 Å². The van der Waals surface area contributed by atoms with E-state index in [4.69, 9.17) is 9.84 Å². The number of likely N-dealkylation sites (tertiary alicyclic amines) is 1. The van der Waals surface area contributed by atoms with Crippen LogP contribution in [0, 0.1) is 5.92 Å². The molecule has 1 heterocycles. The van der Waals surface area contributed by atoms with E-state index < -0.39 is 0 Å². The normalized spacial score (nSPS) is 22.8. The van der Waals surface area contributed by atoms with Gasteiger partial charge in [0, 0.05) is 43.6 Å². The van der Waals surface area contributed by atoms with Gasteiger partial charge in [-0.1, -0.05) is 24.8 Å². The van der Waals surface area contributed by atoms with Gasteiger partial charge in [0.15, 0.2) is 0 Å². The molecule has 1 saturated heterocycles. The number of fused-ring (bicyclic) bond motifs is 2. The lowest BCUT2D eigenvalue weighted by Crippen LogP contribution is -2.45. The van der Waals surface area contributed by atoms with E-state index in [2.05, 4.69) is 52.4 Å². The molecule has 30 heavy (non-hydrogen) atoms. The summed E-state index contributed by atoms with van der Waals surface area (Å²) in [7, 11) is 1.94. The van der Waals surface area contributed by atoms with Crippen LogP contribution in [0.15, 0.2) is 49.0 Å². The van der Waals surface area contributed by atoms with Crippen LogP contribution < -0.4 is 15.4 Å². The van der Waals surface area contributed by atoms with Crippen LogP contribution in [0.1, 0.15) is 24.0 Å². The fraction of sp³-hybridized carbons (Fsp3) is 0.440. The summed E-state index contributed by atoms with van der Waals surface area (Å²) in [6, 6.07) is 15.8. The number of benzene rings is 2. The maximum absolute atomic E-state index is 8.94. The molecule has 0 radical (unpaired) electrons. The molecular weight excluding hydrogens is 374 g/mol. The fourth-order valence-corrected chi connectivity index (χ4v) is 5.04. The number of nitrogens with zero attached hydrogens (tertiary/aromatic N) is 1. The van der Waals surface area contributed by atoms with Gasteiger partial charge in [0.1, 0.15) is 12.4 Å². The van der Waals surface area contributed by atoms with E-state index in [-0.39, 0.29) is 6.61 Å². The Morgan fingerprint density at radius 3 is 2.90 bits per heavy atom. The molecule has 4 rings (SSSR count). The zero-order chi connectivity index (χ0) is 20.9. The average molecular weight is 408 g/mol. The molecule has 0 amide bonds. The number of anilines is 2. The molecule has 0 aromatic heterocycles. The quantitative estimate of drug-likeness (QED) is 0.558. The molecule has 2 aromatic carbocycles. The van der Waals surface area contributed by atoms with Crippen LogP contribution in [0.5, 0.6) is 5.75 Å². The van der Waals surface area contributed by atoms with Crippen LogP contribution in [0.3, 0.4) is 0 Å². The molecule has 2 bridgehead atoms. The van der Waals surface area contributed by atoms with E-state index in [1.807, 2.05) is 25.3 Å². The molecule has 160 valence electrons. The maximum atomic E-state index is 8.94. The molecule has 5 nitrogen and oxygen atoms in total. The zero-order valence-electron chi connectivity index (χ0n) is 17.8. The predicted octanol–water partition coefficient (Wildman–Crippen LogP) is 3.86. The van der Waals surface area contributed by atoms with Crippen molar-refractivity contribution < 1.29 is 9.84 Å². The van der Waals surface area contributed by atoms with Crippen molar-refractivity contribution in [3.8, 4) is 5.75 Å². The van der Waals surface area contributed by atoms with E-state index in [0.717, 1.165) is 35.9 Å². The number of aliphatic hydroxyl groups is 1. The Morgan fingerprint density at radius 1 is 1.23 bits per heavy atom. The summed E-state index contributed by atoms with van der Waals surface area (Å²) in [4.78, 5) is 2.66. The third-order valence-electron chi connectivity index (χ3n) is 6.43. The Morgan fingerprint density at radius 2 is 2.13 bits per heavy atom. The highest BCUT2D eigenvalue weighted by atomic mass is 16.5. The molecule has 5 heteroatoms. The van der Waals surface area contributed by atoms with E-state index in [1.165, 1.54) is 30.6 Å². The number of piperidine rings is 1. The summed E-state index contributed by atoms with van der Waals surface area (Å²) < 4.78 is 5.55. The summed E-state index contributed by atoms with van der Waals surface area (Å²) in [5.74, 6) is 1.63. The highest BCUT2D eigenvalue weighted by Crippen LogP contribution is 2.39. The second-order valence-corrected chi connectivity index (χ2v) is 8.38. The van der Waals surface area contributed by atoms with Gasteiger partial charge < -0.3 is 20.5 Å². The molecule has 0 spiro atoms. The minimum atomic E-state index is 0.0431. The molecule has 3 N–H and O–H groups in total. The standard InChI is InChI=1S/C25H33N3O2/c1-3-20-16-21(7-8-23(20)26-2)27-24-14-19-15-25(24)28(17-19)10-9-18-5-4-6-22(13-18)30-12-11-29/h3-8,13,16,19,24-27,29H,1,9-12,14-15,17H2,2H3. The van der Waals surface area contributed by atoms with Crippen LogP contribution >= 0.6 is 0 Å². The van der Waals surface area contributed by atoms with Crippen molar-refractivity contribution in [1.29, 1.82) is 0 Å². The molecular formula is C25H33N3O2. The van der Waals surface area contributed by atoms with Gasteiger partial charge in [0.05, 0.1) is 6.61 Å². The second kappa shape index (κ2) is 9.54. The van der Waals surface area contributed by atoms with Gasteiger partial charge in [-0.15, -0.1) is 0 Å². The van der Waals surface area contributed by atoms with Crippen molar-refractivity contribution in [1.82, 2.24) is 4.90 Å². The van der Waals surface area contributed by atoms with Crippen molar-refractivity contribution in [2.75, 3.05) is 44.0 Å². The predicted molar refractivity (Wildman–Crippen MR) is 124 cm³/mol. The van der Waals surface area contributed by atoms with Crippen molar-refractivity contribution in [3.05, 3.63) is 60.2 Å². The van der Waals surface area contributed by atoms with Gasteiger partial charge in [0.2, 0.25) is 0 Å². The van der Waals surface area contributed by atoms with Gasteiger partial charge in [-0.2, -0.15) is 0 Å². The van der Waals surface area contributed by atoms with Gasteiger partial charge in [-0.3, -0.25) is 4.90 Å². The van der Waals surface area contributed by atoms with Crippen LogP contribution in [0.4, 0.5) is 11.4 Å².